The molecule has 0 aliphatic heterocycles. The van der Waals surface area contributed by atoms with Crippen molar-refractivity contribution in [1.29, 1.82) is 0 Å². The predicted octanol–water partition coefficient (Wildman–Crippen LogP) is 4.21. The second-order valence-electron chi connectivity index (χ2n) is 5.64. The molecule has 0 aromatic heterocycles. The fraction of sp³-hybridized carbons (Fsp3) is 0.263. The van der Waals surface area contributed by atoms with Gasteiger partial charge in [0.15, 0.2) is 12.4 Å². The molecule has 1 amide bonds. The summed E-state index contributed by atoms with van der Waals surface area (Å²) in [7, 11) is 0. The lowest BCUT2D eigenvalue weighted by Crippen LogP contribution is -2.26. The van der Waals surface area contributed by atoms with E-state index in [9.17, 15) is 9.59 Å². The highest BCUT2D eigenvalue weighted by atomic mass is 35.5. The molecule has 0 radical (unpaired) electrons. The number of rotatable bonds is 7. The van der Waals surface area contributed by atoms with E-state index in [0.29, 0.717) is 22.8 Å². The van der Waals surface area contributed by atoms with Crippen LogP contribution in [-0.4, -0.2) is 18.5 Å². The van der Waals surface area contributed by atoms with Crippen LogP contribution in [0.15, 0.2) is 36.4 Å². The van der Waals surface area contributed by atoms with Gasteiger partial charge in [-0.2, -0.15) is 0 Å². The van der Waals surface area contributed by atoms with Crippen molar-refractivity contribution in [3.63, 3.8) is 0 Å². The Bertz CT molecular complexity index is 776. The minimum absolute atomic E-state index is 0.265. The van der Waals surface area contributed by atoms with Gasteiger partial charge in [-0.3, -0.25) is 4.79 Å². The maximum atomic E-state index is 11.0. The zero-order chi connectivity index (χ0) is 18.4. The topological polar surface area (TPSA) is 78.6 Å². The first-order chi connectivity index (χ1) is 11.9. The molecule has 2 aromatic carbocycles. The van der Waals surface area contributed by atoms with Crippen LogP contribution in [0.4, 0.5) is 4.79 Å². The molecule has 0 fully saturated rings. The molecular formula is C19H20ClNO4. The fourth-order valence-corrected chi connectivity index (χ4v) is 2.77. The van der Waals surface area contributed by atoms with Crippen LogP contribution >= 0.6 is 11.6 Å². The third-order valence-corrected chi connectivity index (χ3v) is 4.01. The maximum absolute atomic E-state index is 11.0. The normalized spacial score (nSPS) is 11.6. The van der Waals surface area contributed by atoms with Crippen LogP contribution in [0.5, 0.6) is 11.5 Å². The Morgan fingerprint density at radius 3 is 2.60 bits per heavy atom. The molecule has 0 spiro atoms. The Kier molecular flexibility index (Phi) is 6.42. The third kappa shape index (κ3) is 5.22. The van der Waals surface area contributed by atoms with E-state index < -0.39 is 12.2 Å². The van der Waals surface area contributed by atoms with E-state index >= 15 is 0 Å². The third-order valence-electron chi connectivity index (χ3n) is 3.71. The monoisotopic (exact) mass is 361 g/mol. The van der Waals surface area contributed by atoms with Crippen LogP contribution in [0.25, 0.3) is 0 Å². The average Bonchev–Trinajstić information content (AvgIpc) is 2.57. The van der Waals surface area contributed by atoms with Crippen molar-refractivity contribution in [2.45, 2.75) is 32.8 Å². The predicted molar refractivity (Wildman–Crippen MR) is 96.3 cm³/mol. The largest absolute Gasteiger partial charge is 0.456 e. The number of carbonyl (C=O) groups is 2. The summed E-state index contributed by atoms with van der Waals surface area (Å²) in [6.45, 7) is 3.95. The summed E-state index contributed by atoms with van der Waals surface area (Å²) in [4.78, 5) is 21.9. The van der Waals surface area contributed by atoms with Crippen molar-refractivity contribution in [2.24, 2.45) is 5.73 Å². The average molecular weight is 362 g/mol. The fourth-order valence-electron chi connectivity index (χ4n) is 2.49. The Balaban J connectivity index is 2.20. The number of hydrogen-bond donors (Lipinski definition) is 1. The first-order valence-electron chi connectivity index (χ1n) is 7.90. The number of aldehydes is 1. The number of amides is 1. The quantitative estimate of drug-likeness (QED) is 0.749. The van der Waals surface area contributed by atoms with Gasteiger partial charge in [0.1, 0.15) is 11.5 Å². The van der Waals surface area contributed by atoms with Gasteiger partial charge in [-0.05, 0) is 54.3 Å². The number of ether oxygens (including phenoxy) is 2. The number of hydrogen-bond acceptors (Lipinski definition) is 4. The number of primary amides is 1. The number of carbonyl (C=O) groups excluding carboxylic acids is 2. The SMILES string of the molecule is CCc1cc(Oc2ccc(C)cc2Cl)ccc1CC(C=O)OC(N)=O. The zero-order valence-electron chi connectivity index (χ0n) is 14.1. The van der Waals surface area contributed by atoms with E-state index in [1.54, 1.807) is 6.07 Å². The summed E-state index contributed by atoms with van der Waals surface area (Å²) in [5, 5.41) is 0.540. The molecule has 0 saturated carbocycles. The molecule has 0 bridgehead atoms. The van der Waals surface area contributed by atoms with Crippen LogP contribution < -0.4 is 10.5 Å². The van der Waals surface area contributed by atoms with Gasteiger partial charge in [-0.25, -0.2) is 4.79 Å². The molecule has 2 rings (SSSR count). The summed E-state index contributed by atoms with van der Waals surface area (Å²) < 4.78 is 10.6. The molecule has 1 atom stereocenters. The molecule has 25 heavy (non-hydrogen) atoms. The molecular weight excluding hydrogens is 342 g/mol. The van der Waals surface area contributed by atoms with E-state index in [-0.39, 0.29) is 6.42 Å². The molecule has 0 aliphatic carbocycles. The molecule has 6 heteroatoms. The van der Waals surface area contributed by atoms with Gasteiger partial charge >= 0.3 is 6.09 Å². The highest BCUT2D eigenvalue weighted by Crippen LogP contribution is 2.31. The lowest BCUT2D eigenvalue weighted by Gasteiger charge is -2.15. The minimum Gasteiger partial charge on any atom is -0.456 e. The summed E-state index contributed by atoms with van der Waals surface area (Å²) in [5.74, 6) is 1.22. The number of nitrogens with two attached hydrogens (primary N) is 1. The van der Waals surface area contributed by atoms with Crippen molar-refractivity contribution in [3.05, 3.63) is 58.1 Å². The Labute approximate surface area is 151 Å². The van der Waals surface area contributed by atoms with Crippen molar-refractivity contribution in [1.82, 2.24) is 0 Å². The smallest absolute Gasteiger partial charge is 0.405 e. The lowest BCUT2D eigenvalue weighted by atomic mass is 9.99. The van der Waals surface area contributed by atoms with Crippen LogP contribution in [0, 0.1) is 6.92 Å². The highest BCUT2D eigenvalue weighted by Gasteiger charge is 2.15. The van der Waals surface area contributed by atoms with Gasteiger partial charge in [0, 0.05) is 6.42 Å². The zero-order valence-corrected chi connectivity index (χ0v) is 14.9. The molecule has 2 aromatic rings. The molecule has 0 aliphatic rings. The number of halogens is 1. The van der Waals surface area contributed by atoms with Crippen molar-refractivity contribution in [3.8, 4) is 11.5 Å². The number of aryl methyl sites for hydroxylation is 2. The molecule has 0 heterocycles. The summed E-state index contributed by atoms with van der Waals surface area (Å²) in [6.07, 6.45) is -0.303. The van der Waals surface area contributed by atoms with Gasteiger partial charge in [0.05, 0.1) is 5.02 Å². The second-order valence-corrected chi connectivity index (χ2v) is 6.04. The molecule has 5 nitrogen and oxygen atoms in total. The van der Waals surface area contributed by atoms with Crippen LogP contribution in [0.2, 0.25) is 5.02 Å². The Morgan fingerprint density at radius 1 is 1.24 bits per heavy atom. The van der Waals surface area contributed by atoms with Crippen molar-refractivity contribution >= 4 is 24.0 Å². The van der Waals surface area contributed by atoms with E-state index in [2.05, 4.69) is 0 Å². The number of benzene rings is 2. The Morgan fingerprint density at radius 2 is 2.00 bits per heavy atom. The highest BCUT2D eigenvalue weighted by molar-refractivity contribution is 6.32. The molecule has 2 N–H and O–H groups in total. The first kappa shape index (κ1) is 18.8. The molecule has 1 unspecified atom stereocenters. The molecule has 0 saturated heterocycles. The standard InChI is InChI=1S/C19H20ClNO4/c1-3-13-9-15(24-18-7-4-12(2)8-17(18)20)6-5-14(13)10-16(11-22)25-19(21)23/h4-9,11,16H,3,10H2,1-2H3,(H2,21,23). The second kappa shape index (κ2) is 8.53. The lowest BCUT2D eigenvalue weighted by molar-refractivity contribution is -0.114. The van der Waals surface area contributed by atoms with E-state index in [4.69, 9.17) is 26.8 Å². The van der Waals surface area contributed by atoms with Crippen LogP contribution in [-0.2, 0) is 22.4 Å². The summed E-state index contributed by atoms with van der Waals surface area (Å²) in [6, 6.07) is 11.1. The van der Waals surface area contributed by atoms with Crippen molar-refractivity contribution in [2.75, 3.05) is 0 Å². The van der Waals surface area contributed by atoms with Crippen LogP contribution in [0.3, 0.4) is 0 Å². The molecule has 132 valence electrons. The first-order valence-corrected chi connectivity index (χ1v) is 8.28. The summed E-state index contributed by atoms with van der Waals surface area (Å²) in [5.41, 5.74) is 7.91. The van der Waals surface area contributed by atoms with Crippen LogP contribution in [0.1, 0.15) is 23.6 Å². The van der Waals surface area contributed by atoms with E-state index in [0.717, 1.165) is 23.1 Å². The van der Waals surface area contributed by atoms with Crippen molar-refractivity contribution < 1.29 is 19.1 Å². The van der Waals surface area contributed by atoms with Gasteiger partial charge in [-0.15, -0.1) is 0 Å². The van der Waals surface area contributed by atoms with Gasteiger partial charge in [0.2, 0.25) is 0 Å². The van der Waals surface area contributed by atoms with E-state index in [1.807, 2.05) is 44.2 Å². The summed E-state index contributed by atoms with van der Waals surface area (Å²) >= 11 is 6.20. The van der Waals surface area contributed by atoms with Gasteiger partial charge in [0.25, 0.3) is 0 Å². The van der Waals surface area contributed by atoms with Gasteiger partial charge < -0.3 is 15.2 Å². The van der Waals surface area contributed by atoms with E-state index in [1.165, 1.54) is 0 Å². The Hall–Kier alpha value is -2.53. The minimum atomic E-state index is -0.968. The maximum Gasteiger partial charge on any atom is 0.405 e. The van der Waals surface area contributed by atoms with Gasteiger partial charge in [-0.1, -0.05) is 30.7 Å².